The first-order valence-corrected chi connectivity index (χ1v) is 7.66. The zero-order chi connectivity index (χ0) is 13.7. The van der Waals surface area contributed by atoms with Gasteiger partial charge in [0.1, 0.15) is 5.75 Å². The maximum atomic E-state index is 9.13. The maximum absolute atomic E-state index is 9.13. The second-order valence-electron chi connectivity index (χ2n) is 4.05. The van der Waals surface area contributed by atoms with Crippen molar-refractivity contribution in [2.45, 2.75) is 17.3 Å². The van der Waals surface area contributed by atoms with Crippen LogP contribution in [0.25, 0.3) is 0 Å². The summed E-state index contributed by atoms with van der Waals surface area (Å²) in [5.41, 5.74) is 2.09. The molecule has 0 aliphatic rings. The van der Waals surface area contributed by atoms with E-state index in [-0.39, 0.29) is 6.61 Å². The van der Waals surface area contributed by atoms with E-state index < -0.39 is 0 Å². The third-order valence-electron chi connectivity index (χ3n) is 2.72. The zero-order valence-corrected chi connectivity index (χ0v) is 13.0. The van der Waals surface area contributed by atoms with E-state index >= 15 is 0 Å². The third kappa shape index (κ3) is 4.00. The molecule has 0 radical (unpaired) electrons. The molecule has 0 saturated heterocycles. The monoisotopic (exact) mass is 338 g/mol. The van der Waals surface area contributed by atoms with Gasteiger partial charge in [0.15, 0.2) is 0 Å². The van der Waals surface area contributed by atoms with E-state index in [9.17, 15) is 0 Å². The second kappa shape index (κ2) is 6.98. The molecule has 0 bridgehead atoms. The van der Waals surface area contributed by atoms with Crippen molar-refractivity contribution in [3.8, 4) is 5.75 Å². The number of benzene rings is 2. The number of halogens is 1. The topological polar surface area (TPSA) is 29.5 Å². The summed E-state index contributed by atoms with van der Waals surface area (Å²) in [6.45, 7) is 0.0780. The summed E-state index contributed by atoms with van der Waals surface area (Å²) in [6.07, 6.45) is 0. The fourth-order valence-electron chi connectivity index (χ4n) is 1.75. The molecule has 2 aromatic rings. The Morgan fingerprint density at radius 2 is 2.05 bits per heavy atom. The molecule has 0 unspecified atom stereocenters. The maximum Gasteiger partial charge on any atom is 0.122 e. The number of hydrogen-bond donors (Lipinski definition) is 1. The summed E-state index contributed by atoms with van der Waals surface area (Å²) in [4.78, 5) is 1.15. The van der Waals surface area contributed by atoms with Gasteiger partial charge in [0.25, 0.3) is 0 Å². The van der Waals surface area contributed by atoms with E-state index in [0.29, 0.717) is 0 Å². The first-order valence-electron chi connectivity index (χ1n) is 5.88. The quantitative estimate of drug-likeness (QED) is 0.826. The van der Waals surface area contributed by atoms with Crippen molar-refractivity contribution in [1.29, 1.82) is 0 Å². The summed E-state index contributed by atoms with van der Waals surface area (Å²) in [5, 5.41) is 9.13. The van der Waals surface area contributed by atoms with Crippen LogP contribution in [0.15, 0.2) is 51.8 Å². The summed E-state index contributed by atoms with van der Waals surface area (Å²) >= 11 is 5.21. The highest BCUT2D eigenvalue weighted by atomic mass is 79.9. The Balaban J connectivity index is 2.11. The second-order valence-corrected chi connectivity index (χ2v) is 6.01. The average Bonchev–Trinajstić information content (AvgIpc) is 2.45. The van der Waals surface area contributed by atoms with E-state index in [0.717, 1.165) is 32.0 Å². The van der Waals surface area contributed by atoms with Crippen LogP contribution in [-0.4, -0.2) is 12.2 Å². The van der Waals surface area contributed by atoms with Crippen LogP contribution in [0.3, 0.4) is 0 Å². The normalized spacial score (nSPS) is 10.5. The highest BCUT2D eigenvalue weighted by Gasteiger charge is 2.05. The summed E-state index contributed by atoms with van der Waals surface area (Å²) in [7, 11) is 1.68. The minimum atomic E-state index is 0.0780. The van der Waals surface area contributed by atoms with Gasteiger partial charge in [-0.25, -0.2) is 0 Å². The third-order valence-corrected chi connectivity index (χ3v) is 4.25. The van der Waals surface area contributed by atoms with Crippen molar-refractivity contribution in [3.05, 3.63) is 58.1 Å². The number of aliphatic hydroxyl groups is 1. The predicted octanol–water partition coefficient (Wildman–Crippen LogP) is 4.24. The first-order chi connectivity index (χ1) is 9.22. The van der Waals surface area contributed by atoms with Gasteiger partial charge >= 0.3 is 0 Å². The zero-order valence-electron chi connectivity index (χ0n) is 10.6. The van der Waals surface area contributed by atoms with Gasteiger partial charge in [0.2, 0.25) is 0 Å². The molecule has 0 amide bonds. The molecule has 19 heavy (non-hydrogen) atoms. The van der Waals surface area contributed by atoms with Crippen LogP contribution in [0.2, 0.25) is 0 Å². The molecule has 100 valence electrons. The van der Waals surface area contributed by atoms with Gasteiger partial charge in [0.05, 0.1) is 13.7 Å². The van der Waals surface area contributed by atoms with Crippen molar-refractivity contribution >= 4 is 27.7 Å². The number of rotatable bonds is 5. The number of ether oxygens (including phenoxy) is 1. The van der Waals surface area contributed by atoms with E-state index in [1.165, 1.54) is 0 Å². The van der Waals surface area contributed by atoms with Gasteiger partial charge in [-0.3, -0.25) is 0 Å². The molecule has 0 spiro atoms. The summed E-state index contributed by atoms with van der Waals surface area (Å²) in [5.74, 6) is 1.73. The number of aliphatic hydroxyl groups excluding tert-OH is 1. The molecule has 0 atom stereocenters. The molecule has 1 N–H and O–H groups in total. The molecule has 2 nitrogen and oxygen atoms in total. The van der Waals surface area contributed by atoms with Crippen molar-refractivity contribution in [3.63, 3.8) is 0 Å². The lowest BCUT2D eigenvalue weighted by atomic mass is 10.2. The Labute approximate surface area is 125 Å². The van der Waals surface area contributed by atoms with E-state index in [1.54, 1.807) is 18.9 Å². The van der Waals surface area contributed by atoms with Crippen molar-refractivity contribution in [1.82, 2.24) is 0 Å². The number of thioether (sulfide) groups is 1. The number of methoxy groups -OCH3 is 1. The molecule has 0 saturated carbocycles. The molecule has 0 fully saturated rings. The van der Waals surface area contributed by atoms with Gasteiger partial charge < -0.3 is 9.84 Å². The molecule has 0 aliphatic carbocycles. The van der Waals surface area contributed by atoms with Crippen LogP contribution in [0.5, 0.6) is 5.75 Å². The SMILES string of the molecule is COc1ccc(Br)cc1CSc1cccc(CO)c1. The van der Waals surface area contributed by atoms with Gasteiger partial charge in [-0.15, -0.1) is 11.8 Å². The highest BCUT2D eigenvalue weighted by molar-refractivity contribution is 9.10. The Morgan fingerprint density at radius 3 is 2.79 bits per heavy atom. The largest absolute Gasteiger partial charge is 0.496 e. The van der Waals surface area contributed by atoms with Gasteiger partial charge in [-0.05, 0) is 35.9 Å². The molecule has 2 aromatic carbocycles. The smallest absolute Gasteiger partial charge is 0.122 e. The molecule has 0 aliphatic heterocycles. The summed E-state index contributed by atoms with van der Waals surface area (Å²) < 4.78 is 6.41. The van der Waals surface area contributed by atoms with Crippen LogP contribution < -0.4 is 4.74 Å². The lowest BCUT2D eigenvalue weighted by Crippen LogP contribution is -1.90. The summed E-state index contributed by atoms with van der Waals surface area (Å²) in [6, 6.07) is 13.9. The Kier molecular flexibility index (Phi) is 5.31. The lowest BCUT2D eigenvalue weighted by Gasteiger charge is -2.09. The Morgan fingerprint density at radius 1 is 1.21 bits per heavy atom. The average molecular weight is 339 g/mol. The standard InChI is InChI=1S/C15H15BrO2S/c1-18-15-6-5-13(16)8-12(15)10-19-14-4-2-3-11(7-14)9-17/h2-8,17H,9-10H2,1H3. The molecule has 4 heteroatoms. The number of hydrogen-bond acceptors (Lipinski definition) is 3. The van der Waals surface area contributed by atoms with Gasteiger partial charge in [0, 0.05) is 20.7 Å². The highest BCUT2D eigenvalue weighted by Crippen LogP contribution is 2.30. The Hall–Kier alpha value is -0.970. The fourth-order valence-corrected chi connectivity index (χ4v) is 3.12. The Bertz CT molecular complexity index is 558. The van der Waals surface area contributed by atoms with Crippen LogP contribution in [0.1, 0.15) is 11.1 Å². The van der Waals surface area contributed by atoms with Crippen LogP contribution in [0.4, 0.5) is 0 Å². The lowest BCUT2D eigenvalue weighted by molar-refractivity contribution is 0.281. The van der Waals surface area contributed by atoms with Crippen LogP contribution in [0, 0.1) is 0 Å². The fraction of sp³-hybridized carbons (Fsp3) is 0.200. The molecular weight excluding hydrogens is 324 g/mol. The van der Waals surface area contributed by atoms with Crippen LogP contribution >= 0.6 is 27.7 Å². The van der Waals surface area contributed by atoms with Crippen molar-refractivity contribution < 1.29 is 9.84 Å². The van der Waals surface area contributed by atoms with E-state index in [2.05, 4.69) is 22.0 Å². The van der Waals surface area contributed by atoms with E-state index in [4.69, 9.17) is 9.84 Å². The van der Waals surface area contributed by atoms with Gasteiger partial charge in [-0.1, -0.05) is 28.1 Å². The first kappa shape index (κ1) is 14.4. The van der Waals surface area contributed by atoms with E-state index in [1.807, 2.05) is 36.4 Å². The minimum absolute atomic E-state index is 0.0780. The molecule has 0 heterocycles. The minimum Gasteiger partial charge on any atom is -0.496 e. The van der Waals surface area contributed by atoms with Crippen molar-refractivity contribution in [2.75, 3.05) is 7.11 Å². The van der Waals surface area contributed by atoms with Crippen LogP contribution in [-0.2, 0) is 12.4 Å². The van der Waals surface area contributed by atoms with Crippen molar-refractivity contribution in [2.24, 2.45) is 0 Å². The molecular formula is C15H15BrO2S. The predicted molar refractivity (Wildman–Crippen MR) is 82.6 cm³/mol. The molecule has 0 aromatic heterocycles. The van der Waals surface area contributed by atoms with Gasteiger partial charge in [-0.2, -0.15) is 0 Å². The molecule has 2 rings (SSSR count).